The average Bonchev–Trinajstić information content (AvgIpc) is 2.29. The molecule has 6 heteroatoms. The van der Waals surface area contributed by atoms with Crippen molar-refractivity contribution in [2.24, 2.45) is 0 Å². The summed E-state index contributed by atoms with van der Waals surface area (Å²) in [5.41, 5.74) is 0.363. The summed E-state index contributed by atoms with van der Waals surface area (Å²) < 4.78 is 46.1. The number of hydrogen-bond donors (Lipinski definition) is 0. The van der Waals surface area contributed by atoms with Crippen molar-refractivity contribution in [1.29, 1.82) is 5.26 Å². The summed E-state index contributed by atoms with van der Waals surface area (Å²) in [4.78, 5) is 0. The third-order valence-corrected chi connectivity index (χ3v) is 2.02. The van der Waals surface area contributed by atoms with Gasteiger partial charge in [-0.15, -0.1) is 0 Å². The molecule has 98 valence electrons. The molecule has 0 saturated heterocycles. The highest BCUT2D eigenvalue weighted by molar-refractivity contribution is 5.46. The van der Waals surface area contributed by atoms with Crippen molar-refractivity contribution in [2.45, 2.75) is 19.5 Å². The van der Waals surface area contributed by atoms with Crippen molar-refractivity contribution in [1.82, 2.24) is 0 Å². The minimum atomic E-state index is -4.25. The lowest BCUT2D eigenvalue weighted by Crippen LogP contribution is -2.13. The van der Waals surface area contributed by atoms with Gasteiger partial charge in [-0.3, -0.25) is 0 Å². The van der Waals surface area contributed by atoms with Gasteiger partial charge in [-0.2, -0.15) is 18.4 Å². The maximum atomic E-state index is 12.0. The van der Waals surface area contributed by atoms with Gasteiger partial charge >= 0.3 is 6.18 Å². The van der Waals surface area contributed by atoms with Crippen LogP contribution in [-0.2, 0) is 0 Å². The van der Waals surface area contributed by atoms with Gasteiger partial charge in [0.2, 0.25) is 0 Å². The maximum Gasteiger partial charge on any atom is 0.392 e. The van der Waals surface area contributed by atoms with Crippen molar-refractivity contribution >= 4 is 0 Å². The van der Waals surface area contributed by atoms with Crippen LogP contribution in [0.4, 0.5) is 13.2 Å². The predicted octanol–water partition coefficient (Wildman–Crippen LogP) is 3.29. The lowest BCUT2D eigenvalue weighted by atomic mass is 10.2. The topological polar surface area (TPSA) is 42.2 Å². The standard InChI is InChI=1S/C12H12F3NO2/c1-2-17-11-7-9(8-16)3-4-10(11)18-6-5-12(13,14)15/h3-4,7H,2,5-6H2,1H3. The van der Waals surface area contributed by atoms with Gasteiger partial charge in [-0.1, -0.05) is 0 Å². The maximum absolute atomic E-state index is 12.0. The molecule has 0 aliphatic carbocycles. The number of rotatable bonds is 5. The Morgan fingerprint density at radius 3 is 2.50 bits per heavy atom. The zero-order valence-electron chi connectivity index (χ0n) is 9.75. The molecular weight excluding hydrogens is 247 g/mol. The first kappa shape index (κ1) is 14.2. The average molecular weight is 259 g/mol. The van der Waals surface area contributed by atoms with E-state index in [-0.39, 0.29) is 11.5 Å². The molecule has 1 rings (SSSR count). The van der Waals surface area contributed by atoms with Crippen LogP contribution in [-0.4, -0.2) is 19.4 Å². The zero-order valence-corrected chi connectivity index (χ0v) is 9.75. The molecule has 1 aromatic carbocycles. The first-order chi connectivity index (χ1) is 8.46. The second-order valence-corrected chi connectivity index (χ2v) is 3.42. The Hall–Kier alpha value is -1.90. The first-order valence-corrected chi connectivity index (χ1v) is 5.32. The number of ether oxygens (including phenoxy) is 2. The summed E-state index contributed by atoms with van der Waals surface area (Å²) in [5.74, 6) is 0.485. The van der Waals surface area contributed by atoms with Crippen LogP contribution in [0.5, 0.6) is 11.5 Å². The number of alkyl halides is 3. The van der Waals surface area contributed by atoms with Crippen LogP contribution >= 0.6 is 0 Å². The lowest BCUT2D eigenvalue weighted by molar-refractivity contribution is -0.139. The fourth-order valence-corrected chi connectivity index (χ4v) is 1.24. The second-order valence-electron chi connectivity index (χ2n) is 3.42. The Morgan fingerprint density at radius 2 is 1.94 bits per heavy atom. The molecule has 0 N–H and O–H groups in total. The van der Waals surface area contributed by atoms with E-state index in [4.69, 9.17) is 14.7 Å². The Labute approximate surface area is 103 Å². The summed E-state index contributed by atoms with van der Waals surface area (Å²) in [5, 5.41) is 8.71. The van der Waals surface area contributed by atoms with Crippen LogP contribution in [0.25, 0.3) is 0 Å². The van der Waals surface area contributed by atoms with Gasteiger partial charge in [-0.05, 0) is 19.1 Å². The molecule has 0 radical (unpaired) electrons. The number of halogens is 3. The third-order valence-electron chi connectivity index (χ3n) is 2.02. The summed E-state index contributed by atoms with van der Waals surface area (Å²) in [6.07, 6.45) is -5.28. The SMILES string of the molecule is CCOc1cc(C#N)ccc1OCCC(F)(F)F. The Morgan fingerprint density at radius 1 is 1.22 bits per heavy atom. The van der Waals surface area contributed by atoms with Crippen molar-refractivity contribution in [3.63, 3.8) is 0 Å². The zero-order chi connectivity index (χ0) is 13.6. The van der Waals surface area contributed by atoms with E-state index in [9.17, 15) is 13.2 Å². The van der Waals surface area contributed by atoms with Crippen molar-refractivity contribution in [2.75, 3.05) is 13.2 Å². The van der Waals surface area contributed by atoms with Crippen LogP contribution in [0.15, 0.2) is 18.2 Å². The van der Waals surface area contributed by atoms with Crippen LogP contribution in [0.3, 0.4) is 0 Å². The fraction of sp³-hybridized carbons (Fsp3) is 0.417. The molecule has 0 aliphatic rings. The fourth-order valence-electron chi connectivity index (χ4n) is 1.24. The molecule has 0 spiro atoms. The molecule has 0 fully saturated rings. The quantitative estimate of drug-likeness (QED) is 0.814. The lowest BCUT2D eigenvalue weighted by Gasteiger charge is -2.12. The predicted molar refractivity (Wildman–Crippen MR) is 58.5 cm³/mol. The smallest absolute Gasteiger partial charge is 0.392 e. The number of nitrogens with zero attached hydrogens (tertiary/aromatic N) is 1. The number of nitriles is 1. The first-order valence-electron chi connectivity index (χ1n) is 5.32. The van der Waals surface area contributed by atoms with Crippen molar-refractivity contribution < 1.29 is 22.6 Å². The third kappa shape index (κ3) is 4.53. The molecule has 18 heavy (non-hydrogen) atoms. The van der Waals surface area contributed by atoms with E-state index in [1.807, 2.05) is 6.07 Å². The minimum Gasteiger partial charge on any atom is -0.490 e. The van der Waals surface area contributed by atoms with Gasteiger partial charge in [0, 0.05) is 6.07 Å². The molecule has 0 atom stereocenters. The second kappa shape index (κ2) is 6.15. The molecule has 0 aliphatic heterocycles. The summed E-state index contributed by atoms with van der Waals surface area (Å²) in [7, 11) is 0. The van der Waals surface area contributed by atoms with Crippen LogP contribution in [0.1, 0.15) is 18.9 Å². The Bertz CT molecular complexity index is 438. The molecule has 0 amide bonds. The molecular formula is C12H12F3NO2. The highest BCUT2D eigenvalue weighted by Gasteiger charge is 2.27. The molecule has 0 heterocycles. The summed E-state index contributed by atoms with van der Waals surface area (Å²) in [6, 6.07) is 6.25. The van der Waals surface area contributed by atoms with Crippen molar-refractivity contribution in [3.05, 3.63) is 23.8 Å². The van der Waals surface area contributed by atoms with Crippen LogP contribution < -0.4 is 9.47 Å². The molecule has 0 bridgehead atoms. The van der Waals surface area contributed by atoms with E-state index in [0.717, 1.165) is 0 Å². The molecule has 0 unspecified atom stereocenters. The van der Waals surface area contributed by atoms with E-state index in [1.54, 1.807) is 6.92 Å². The molecule has 0 saturated carbocycles. The van der Waals surface area contributed by atoms with Gasteiger partial charge in [-0.25, -0.2) is 0 Å². The van der Waals surface area contributed by atoms with Crippen molar-refractivity contribution in [3.8, 4) is 17.6 Å². The Kier molecular flexibility index (Phi) is 4.84. The number of hydrogen-bond acceptors (Lipinski definition) is 3. The van der Waals surface area contributed by atoms with Gasteiger partial charge in [0.15, 0.2) is 11.5 Å². The largest absolute Gasteiger partial charge is 0.490 e. The van der Waals surface area contributed by atoms with E-state index >= 15 is 0 Å². The highest BCUT2D eigenvalue weighted by atomic mass is 19.4. The van der Waals surface area contributed by atoms with Gasteiger partial charge in [0.1, 0.15) is 0 Å². The summed E-state index contributed by atoms with van der Waals surface area (Å²) in [6.45, 7) is 1.60. The van der Waals surface area contributed by atoms with E-state index in [2.05, 4.69) is 0 Å². The van der Waals surface area contributed by atoms with Gasteiger partial charge in [0.25, 0.3) is 0 Å². The van der Waals surface area contributed by atoms with Gasteiger partial charge < -0.3 is 9.47 Å². The molecule has 3 nitrogen and oxygen atoms in total. The van der Waals surface area contributed by atoms with E-state index in [1.165, 1.54) is 18.2 Å². The highest BCUT2D eigenvalue weighted by Crippen LogP contribution is 2.29. The van der Waals surface area contributed by atoms with Crippen LogP contribution in [0, 0.1) is 11.3 Å². The van der Waals surface area contributed by atoms with Gasteiger partial charge in [0.05, 0.1) is 31.3 Å². The number of benzene rings is 1. The molecule has 0 aromatic heterocycles. The van der Waals surface area contributed by atoms with E-state index in [0.29, 0.717) is 12.2 Å². The molecule has 1 aromatic rings. The monoisotopic (exact) mass is 259 g/mol. The minimum absolute atomic E-state index is 0.208. The normalized spacial score (nSPS) is 10.8. The van der Waals surface area contributed by atoms with Crippen LogP contribution in [0.2, 0.25) is 0 Å². The van der Waals surface area contributed by atoms with E-state index < -0.39 is 19.2 Å². The Balaban J connectivity index is 2.72. The summed E-state index contributed by atoms with van der Waals surface area (Å²) >= 11 is 0.